The quantitative estimate of drug-likeness (QED) is 0.279. The van der Waals surface area contributed by atoms with E-state index in [1.54, 1.807) is 12.1 Å². The van der Waals surface area contributed by atoms with Crippen LogP contribution in [0.4, 0.5) is 0 Å². The first kappa shape index (κ1) is 23.5. The van der Waals surface area contributed by atoms with Gasteiger partial charge in [-0.3, -0.25) is 9.59 Å². The first-order chi connectivity index (χ1) is 15.5. The molecule has 3 N–H and O–H groups in total. The van der Waals surface area contributed by atoms with E-state index in [2.05, 4.69) is 43.9 Å². The van der Waals surface area contributed by atoms with Crippen molar-refractivity contribution in [2.75, 3.05) is 18.8 Å². The highest BCUT2D eigenvalue weighted by Gasteiger charge is 2.19. The Hall–Kier alpha value is -3.20. The van der Waals surface area contributed by atoms with Gasteiger partial charge in [-0.05, 0) is 40.8 Å². The highest BCUT2D eigenvalue weighted by molar-refractivity contribution is 7.80. The van der Waals surface area contributed by atoms with Crippen molar-refractivity contribution >= 4 is 24.4 Å². The fraction of sp³-hybridized carbons (Fsp3) is 0.348. The number of nitrogens with zero attached hydrogens (tertiary/aromatic N) is 3. The number of carbonyl (C=O) groups excluding carboxylic acids is 2. The second-order valence-electron chi connectivity index (χ2n) is 7.79. The number of H-pyrrole nitrogens is 1. The summed E-state index contributed by atoms with van der Waals surface area (Å²) in [5, 5.41) is 20.0. The summed E-state index contributed by atoms with van der Waals surface area (Å²) in [7, 11) is 0. The smallest absolute Gasteiger partial charge is 0.251 e. The van der Waals surface area contributed by atoms with Gasteiger partial charge in [-0.25, -0.2) is 0 Å². The number of benzene rings is 2. The minimum atomic E-state index is -0.148. The average molecular weight is 453 g/mol. The number of rotatable bonds is 10. The summed E-state index contributed by atoms with van der Waals surface area (Å²) >= 11 is 4.25. The number of aromatic nitrogens is 4. The van der Waals surface area contributed by atoms with Gasteiger partial charge < -0.3 is 10.6 Å². The van der Waals surface area contributed by atoms with Crippen molar-refractivity contribution in [2.24, 2.45) is 11.8 Å². The Labute approximate surface area is 193 Å². The van der Waals surface area contributed by atoms with Crippen molar-refractivity contribution in [2.45, 2.75) is 20.3 Å². The number of carbonyl (C=O) groups is 2. The van der Waals surface area contributed by atoms with Crippen LogP contribution in [-0.2, 0) is 4.79 Å². The molecule has 0 radical (unpaired) electrons. The summed E-state index contributed by atoms with van der Waals surface area (Å²) in [6.07, 6.45) is 0.658. The van der Waals surface area contributed by atoms with Crippen LogP contribution in [0.25, 0.3) is 22.5 Å². The van der Waals surface area contributed by atoms with Gasteiger partial charge in [0.1, 0.15) is 0 Å². The van der Waals surface area contributed by atoms with Gasteiger partial charge in [0.25, 0.3) is 5.91 Å². The van der Waals surface area contributed by atoms with Gasteiger partial charge in [-0.15, -0.1) is 10.2 Å². The van der Waals surface area contributed by atoms with Gasteiger partial charge >= 0.3 is 0 Å². The Balaban J connectivity index is 1.52. The van der Waals surface area contributed by atoms with Gasteiger partial charge in [-0.1, -0.05) is 50.2 Å². The average Bonchev–Trinajstić information content (AvgIpc) is 3.34. The topological polar surface area (TPSA) is 113 Å². The van der Waals surface area contributed by atoms with Crippen LogP contribution >= 0.6 is 12.6 Å². The molecule has 2 amide bonds. The highest BCUT2D eigenvalue weighted by atomic mass is 32.1. The number of amides is 2. The van der Waals surface area contributed by atoms with Crippen molar-refractivity contribution < 1.29 is 9.59 Å². The molecule has 0 bridgehead atoms. The summed E-state index contributed by atoms with van der Waals surface area (Å²) in [5.74, 6) is 1.05. The van der Waals surface area contributed by atoms with Crippen molar-refractivity contribution in [3.05, 3.63) is 54.1 Å². The Bertz CT molecular complexity index is 1020. The maximum absolute atomic E-state index is 12.4. The Morgan fingerprint density at radius 1 is 1.00 bits per heavy atom. The van der Waals surface area contributed by atoms with Gasteiger partial charge in [0.2, 0.25) is 11.7 Å². The van der Waals surface area contributed by atoms with E-state index >= 15 is 0 Å². The molecule has 0 saturated heterocycles. The number of hydrogen-bond acceptors (Lipinski definition) is 6. The van der Waals surface area contributed by atoms with E-state index < -0.39 is 0 Å². The lowest BCUT2D eigenvalue weighted by molar-refractivity contribution is -0.125. The van der Waals surface area contributed by atoms with Crippen LogP contribution in [0.5, 0.6) is 0 Å². The molecule has 8 nitrogen and oxygen atoms in total. The Morgan fingerprint density at radius 3 is 2.31 bits per heavy atom. The van der Waals surface area contributed by atoms with Crippen molar-refractivity contribution in [1.29, 1.82) is 0 Å². The molecule has 0 fully saturated rings. The van der Waals surface area contributed by atoms with E-state index in [4.69, 9.17) is 0 Å². The minimum Gasteiger partial charge on any atom is -0.356 e. The van der Waals surface area contributed by atoms with Gasteiger partial charge in [0.15, 0.2) is 0 Å². The lowest BCUT2D eigenvalue weighted by atomic mass is 9.97. The standard InChI is InChI=1S/C23H28N6O2S/c1-15(2)20(14-32)23(31)25-13-5-12-24-22(30)17-10-8-16(9-11-17)18-6-3-4-7-19(18)21-26-28-29-27-21/h3-4,6-11,15,20,32H,5,12-14H2,1-2H3,(H,24,30)(H,25,31)(H,26,27,28,29). The molecule has 32 heavy (non-hydrogen) atoms. The van der Waals surface area contributed by atoms with Crippen LogP contribution in [0.3, 0.4) is 0 Å². The number of thiol groups is 1. The largest absolute Gasteiger partial charge is 0.356 e. The normalized spacial score (nSPS) is 11.9. The first-order valence-corrected chi connectivity index (χ1v) is 11.2. The first-order valence-electron chi connectivity index (χ1n) is 10.6. The van der Waals surface area contributed by atoms with E-state index in [0.717, 1.165) is 16.7 Å². The van der Waals surface area contributed by atoms with Crippen LogP contribution < -0.4 is 10.6 Å². The van der Waals surface area contributed by atoms with Crippen LogP contribution in [0.2, 0.25) is 0 Å². The van der Waals surface area contributed by atoms with Crippen LogP contribution in [0, 0.1) is 11.8 Å². The van der Waals surface area contributed by atoms with Crippen LogP contribution in [-0.4, -0.2) is 51.3 Å². The molecular weight excluding hydrogens is 424 g/mol. The summed E-state index contributed by atoms with van der Waals surface area (Å²) in [5.41, 5.74) is 3.34. The monoisotopic (exact) mass is 452 g/mol. The maximum atomic E-state index is 12.4. The van der Waals surface area contributed by atoms with Crippen molar-refractivity contribution in [3.63, 3.8) is 0 Å². The van der Waals surface area contributed by atoms with Gasteiger partial charge in [0.05, 0.1) is 0 Å². The third kappa shape index (κ3) is 5.94. The second-order valence-corrected chi connectivity index (χ2v) is 8.16. The number of tetrazole rings is 1. The minimum absolute atomic E-state index is 0.0121. The zero-order valence-electron chi connectivity index (χ0n) is 18.2. The summed E-state index contributed by atoms with van der Waals surface area (Å²) < 4.78 is 0. The molecule has 0 aliphatic rings. The van der Waals surface area contributed by atoms with Crippen LogP contribution in [0.1, 0.15) is 30.6 Å². The fourth-order valence-corrected chi connectivity index (χ4v) is 3.93. The van der Waals surface area contributed by atoms with Gasteiger partial charge in [-0.2, -0.15) is 17.8 Å². The number of nitrogens with one attached hydrogen (secondary N) is 3. The van der Waals surface area contributed by atoms with E-state index in [0.29, 0.717) is 36.7 Å². The predicted octanol–water partition coefficient (Wildman–Crippen LogP) is 2.97. The lowest BCUT2D eigenvalue weighted by Crippen LogP contribution is -2.36. The molecule has 0 aliphatic carbocycles. The number of aromatic amines is 1. The molecule has 0 aliphatic heterocycles. The van der Waals surface area contributed by atoms with Crippen molar-refractivity contribution in [3.8, 4) is 22.5 Å². The molecule has 1 heterocycles. The number of hydrogen-bond donors (Lipinski definition) is 4. The Kier molecular flexibility index (Phi) is 8.38. The zero-order valence-corrected chi connectivity index (χ0v) is 19.1. The van der Waals surface area contributed by atoms with E-state index in [9.17, 15) is 9.59 Å². The fourth-order valence-electron chi connectivity index (χ4n) is 3.34. The summed E-state index contributed by atoms with van der Waals surface area (Å²) in [6.45, 7) is 5.02. The lowest BCUT2D eigenvalue weighted by Gasteiger charge is -2.17. The SMILES string of the molecule is CC(C)C(CS)C(=O)NCCCNC(=O)c1ccc(-c2ccccc2-c2nn[nH]n2)cc1. The Morgan fingerprint density at radius 2 is 1.69 bits per heavy atom. The maximum Gasteiger partial charge on any atom is 0.251 e. The predicted molar refractivity (Wildman–Crippen MR) is 127 cm³/mol. The summed E-state index contributed by atoms with van der Waals surface area (Å²) in [4.78, 5) is 24.6. The third-order valence-electron chi connectivity index (χ3n) is 5.25. The molecule has 9 heteroatoms. The molecule has 1 unspecified atom stereocenters. The molecule has 0 spiro atoms. The van der Waals surface area contributed by atoms with Crippen LogP contribution in [0.15, 0.2) is 48.5 Å². The zero-order chi connectivity index (χ0) is 22.9. The molecule has 3 rings (SSSR count). The van der Waals surface area contributed by atoms with E-state index in [-0.39, 0.29) is 23.7 Å². The highest BCUT2D eigenvalue weighted by Crippen LogP contribution is 2.29. The van der Waals surface area contributed by atoms with Crippen molar-refractivity contribution in [1.82, 2.24) is 31.3 Å². The second kappa shape index (κ2) is 11.4. The molecule has 1 atom stereocenters. The molecule has 168 valence electrons. The molecule has 3 aromatic rings. The van der Waals surface area contributed by atoms with Gasteiger partial charge in [0, 0.05) is 35.9 Å². The van der Waals surface area contributed by atoms with E-state index in [1.165, 1.54) is 0 Å². The summed E-state index contributed by atoms with van der Waals surface area (Å²) in [6, 6.07) is 15.2. The molecular formula is C23H28N6O2S. The molecule has 1 aromatic heterocycles. The third-order valence-corrected chi connectivity index (χ3v) is 5.64. The van der Waals surface area contributed by atoms with E-state index in [1.807, 2.05) is 50.2 Å². The molecule has 2 aromatic carbocycles. The molecule has 0 saturated carbocycles.